The number of nitrogens with two attached hydrogens (primary N) is 1. The van der Waals surface area contributed by atoms with E-state index in [4.69, 9.17) is 15.2 Å². The van der Waals surface area contributed by atoms with Crippen molar-refractivity contribution < 1.29 is 22.6 Å². The van der Waals surface area contributed by atoms with Gasteiger partial charge in [-0.25, -0.2) is 4.99 Å². The number of halogens is 3. The lowest BCUT2D eigenvalue weighted by molar-refractivity contribution is -0.137. The largest absolute Gasteiger partial charge is 0.493 e. The fourth-order valence-corrected chi connectivity index (χ4v) is 4.54. The van der Waals surface area contributed by atoms with E-state index < -0.39 is 17.8 Å². The third-order valence-electron chi connectivity index (χ3n) is 6.51. The molecule has 1 saturated heterocycles. The highest BCUT2D eigenvalue weighted by Crippen LogP contribution is 2.37. The Morgan fingerprint density at radius 3 is 2.66 bits per heavy atom. The number of hydrogen-bond acceptors (Lipinski definition) is 7. The van der Waals surface area contributed by atoms with Gasteiger partial charge in [0.1, 0.15) is 18.6 Å². The second-order valence-corrected chi connectivity index (χ2v) is 9.19. The number of amidine groups is 1. The number of aliphatic imine (C=N–C) groups is 1. The molecule has 2 aliphatic rings. The van der Waals surface area contributed by atoms with Crippen molar-refractivity contribution in [3.63, 3.8) is 0 Å². The van der Waals surface area contributed by atoms with Crippen LogP contribution in [-0.2, 0) is 6.18 Å². The van der Waals surface area contributed by atoms with E-state index in [1.54, 1.807) is 20.1 Å². The van der Waals surface area contributed by atoms with Crippen LogP contribution in [0, 0.1) is 0 Å². The van der Waals surface area contributed by atoms with Crippen LogP contribution in [0.2, 0.25) is 0 Å². The minimum atomic E-state index is -4.48. The number of rotatable bonds is 6. The highest BCUT2D eigenvalue weighted by molar-refractivity contribution is 6.05. The molecular weight excluding hydrogens is 459 g/mol. The van der Waals surface area contributed by atoms with Gasteiger partial charge in [0.2, 0.25) is 0 Å². The quantitative estimate of drug-likeness (QED) is 0.511. The van der Waals surface area contributed by atoms with Gasteiger partial charge in [-0.05, 0) is 70.1 Å². The SMILES string of the molecule is COc1cc2c(cc1OC[C@@H]1CCCN1C)C(N[C@H](C)c1cc(N)cc(C(F)(F)F)c1)=NC(C)N2. The second-order valence-electron chi connectivity index (χ2n) is 9.19. The number of fused-ring (bicyclic) bond motifs is 1. The molecular formula is C25H32F3N5O2. The average molecular weight is 492 g/mol. The fraction of sp³-hybridized carbons (Fsp3) is 0.480. The van der Waals surface area contributed by atoms with E-state index in [1.807, 2.05) is 19.1 Å². The topological polar surface area (TPSA) is 84.1 Å². The number of hydrogen-bond donors (Lipinski definition) is 3. The standard InChI is InChI=1S/C25H32F3N5O2/c1-14(16-8-17(25(26,27)28)10-18(29)9-16)30-24-20-11-23(35-13-19-6-5-7-33(19)3)22(34-4)12-21(20)31-15(2)32-24/h8-12,14-15,19,31H,5-7,13,29H2,1-4H3,(H,30,32)/t14-,15?,19+/m1/s1. The van der Waals surface area contributed by atoms with Crippen LogP contribution in [0.1, 0.15) is 49.4 Å². The minimum absolute atomic E-state index is 0.0572. The summed E-state index contributed by atoms with van der Waals surface area (Å²) < 4.78 is 51.7. The molecule has 1 unspecified atom stereocenters. The van der Waals surface area contributed by atoms with Crippen molar-refractivity contribution in [1.29, 1.82) is 0 Å². The summed E-state index contributed by atoms with van der Waals surface area (Å²) in [6.45, 7) is 5.26. The van der Waals surface area contributed by atoms with Crippen LogP contribution in [0.15, 0.2) is 35.3 Å². The molecule has 2 aliphatic heterocycles. The van der Waals surface area contributed by atoms with Crippen molar-refractivity contribution in [2.24, 2.45) is 4.99 Å². The second kappa shape index (κ2) is 9.85. The summed E-state index contributed by atoms with van der Waals surface area (Å²) >= 11 is 0. The lowest BCUT2D eigenvalue weighted by Crippen LogP contribution is -2.34. The number of nitrogens with one attached hydrogen (secondary N) is 2. The molecule has 0 amide bonds. The lowest BCUT2D eigenvalue weighted by atomic mass is 10.0. The van der Waals surface area contributed by atoms with E-state index >= 15 is 0 Å². The zero-order chi connectivity index (χ0) is 25.3. The molecule has 4 rings (SSSR count). The summed E-state index contributed by atoms with van der Waals surface area (Å²) in [6.07, 6.45) is -2.50. The molecule has 7 nitrogen and oxygen atoms in total. The van der Waals surface area contributed by atoms with Crippen molar-refractivity contribution in [1.82, 2.24) is 10.2 Å². The van der Waals surface area contributed by atoms with E-state index in [-0.39, 0.29) is 11.9 Å². The van der Waals surface area contributed by atoms with Gasteiger partial charge in [-0.3, -0.25) is 0 Å². The zero-order valence-corrected chi connectivity index (χ0v) is 20.4. The van der Waals surface area contributed by atoms with Crippen LogP contribution in [-0.4, -0.2) is 50.3 Å². The number of ether oxygens (including phenoxy) is 2. The molecule has 0 saturated carbocycles. The molecule has 2 heterocycles. The molecule has 0 aromatic heterocycles. The Kier molecular flexibility index (Phi) is 7.02. The van der Waals surface area contributed by atoms with Gasteiger partial charge in [-0.1, -0.05) is 0 Å². The maximum absolute atomic E-state index is 13.3. The summed E-state index contributed by atoms with van der Waals surface area (Å²) in [6, 6.07) is 7.18. The third kappa shape index (κ3) is 5.58. The van der Waals surface area contributed by atoms with Gasteiger partial charge in [-0.15, -0.1) is 0 Å². The van der Waals surface area contributed by atoms with Gasteiger partial charge in [0.25, 0.3) is 0 Å². The molecule has 0 radical (unpaired) electrons. The van der Waals surface area contributed by atoms with Crippen molar-refractivity contribution in [2.45, 2.75) is 51.1 Å². The highest BCUT2D eigenvalue weighted by atomic mass is 19.4. The van der Waals surface area contributed by atoms with Crippen LogP contribution in [0.3, 0.4) is 0 Å². The number of nitrogens with zero attached hydrogens (tertiary/aromatic N) is 2. The number of anilines is 2. The molecule has 0 bridgehead atoms. The summed E-state index contributed by atoms with van der Waals surface area (Å²) in [5.41, 5.74) is 7.02. The molecule has 2 aromatic rings. The smallest absolute Gasteiger partial charge is 0.416 e. The molecule has 2 aromatic carbocycles. The van der Waals surface area contributed by atoms with E-state index in [2.05, 4.69) is 27.6 Å². The fourth-order valence-electron chi connectivity index (χ4n) is 4.54. The average Bonchev–Trinajstić information content (AvgIpc) is 3.20. The molecule has 1 fully saturated rings. The molecule has 0 spiro atoms. The van der Waals surface area contributed by atoms with Gasteiger partial charge in [0, 0.05) is 23.4 Å². The van der Waals surface area contributed by atoms with Crippen LogP contribution >= 0.6 is 0 Å². The van der Waals surface area contributed by atoms with Gasteiger partial charge >= 0.3 is 6.18 Å². The van der Waals surface area contributed by atoms with Crippen LogP contribution < -0.4 is 25.8 Å². The number of alkyl halides is 3. The molecule has 10 heteroatoms. The zero-order valence-electron chi connectivity index (χ0n) is 20.4. The Balaban J connectivity index is 1.61. The summed E-state index contributed by atoms with van der Waals surface area (Å²) in [5.74, 6) is 1.75. The van der Waals surface area contributed by atoms with Crippen molar-refractivity contribution in [3.05, 3.63) is 47.0 Å². The van der Waals surface area contributed by atoms with Gasteiger partial charge < -0.3 is 30.7 Å². The van der Waals surface area contributed by atoms with Gasteiger partial charge in [0.05, 0.1) is 24.4 Å². The monoisotopic (exact) mass is 491 g/mol. The van der Waals surface area contributed by atoms with Gasteiger partial charge in [-0.2, -0.15) is 13.2 Å². The first kappa shape index (κ1) is 25.0. The number of methoxy groups -OCH3 is 1. The Morgan fingerprint density at radius 1 is 1.23 bits per heavy atom. The Labute approximate surface area is 203 Å². The van der Waals surface area contributed by atoms with Crippen LogP contribution in [0.4, 0.5) is 24.5 Å². The Morgan fingerprint density at radius 2 is 2.00 bits per heavy atom. The number of likely N-dealkylation sites (N-methyl/N-ethyl adjacent to an activating group) is 1. The first-order chi connectivity index (χ1) is 16.5. The van der Waals surface area contributed by atoms with Crippen molar-refractivity contribution >= 4 is 17.2 Å². The first-order valence-corrected chi connectivity index (χ1v) is 11.7. The Bertz CT molecular complexity index is 1110. The summed E-state index contributed by atoms with van der Waals surface area (Å²) in [7, 11) is 3.68. The number of likely N-dealkylation sites (tertiary alicyclic amines) is 1. The maximum atomic E-state index is 13.3. The van der Waals surface area contributed by atoms with Gasteiger partial charge in [0.15, 0.2) is 11.5 Å². The van der Waals surface area contributed by atoms with Crippen molar-refractivity contribution in [3.8, 4) is 11.5 Å². The summed E-state index contributed by atoms with van der Waals surface area (Å²) in [5, 5.41) is 6.59. The Hall–Kier alpha value is -3.14. The van der Waals surface area contributed by atoms with Crippen molar-refractivity contribution in [2.75, 3.05) is 38.4 Å². The molecule has 4 N–H and O–H groups in total. The molecule has 190 valence electrons. The van der Waals surface area contributed by atoms with E-state index in [0.29, 0.717) is 35.5 Å². The normalized spacial score (nSPS) is 21.1. The van der Waals surface area contributed by atoms with E-state index in [9.17, 15) is 13.2 Å². The molecule has 0 aliphatic carbocycles. The lowest BCUT2D eigenvalue weighted by Gasteiger charge is -2.28. The third-order valence-corrected chi connectivity index (χ3v) is 6.51. The number of nitrogen functional groups attached to an aromatic ring is 1. The molecule has 35 heavy (non-hydrogen) atoms. The van der Waals surface area contributed by atoms with Crippen LogP contribution in [0.25, 0.3) is 0 Å². The van der Waals surface area contributed by atoms with E-state index in [1.165, 1.54) is 0 Å². The van der Waals surface area contributed by atoms with E-state index in [0.717, 1.165) is 42.8 Å². The number of benzene rings is 2. The first-order valence-electron chi connectivity index (χ1n) is 11.7. The maximum Gasteiger partial charge on any atom is 0.416 e. The molecule has 3 atom stereocenters. The minimum Gasteiger partial charge on any atom is -0.493 e. The predicted octanol–water partition coefficient (Wildman–Crippen LogP) is 4.64. The van der Waals surface area contributed by atoms with Crippen LogP contribution in [0.5, 0.6) is 11.5 Å². The highest BCUT2D eigenvalue weighted by Gasteiger charge is 2.32. The summed E-state index contributed by atoms with van der Waals surface area (Å²) in [4.78, 5) is 6.95. The predicted molar refractivity (Wildman–Crippen MR) is 131 cm³/mol.